The van der Waals surface area contributed by atoms with Crippen LogP contribution in [0.4, 0.5) is 0 Å². The van der Waals surface area contributed by atoms with Crippen LogP contribution in [0.1, 0.15) is 35.8 Å². The SMILES string of the molecule is Cc1nn(-c2ccccc2)cc1CNC[C@@H]1CCCO[C@H]1c1cn[nH]c1. The number of H-pyrrole nitrogens is 1. The summed E-state index contributed by atoms with van der Waals surface area (Å²) in [7, 11) is 0. The normalized spacial score (nSPS) is 20.3. The van der Waals surface area contributed by atoms with Crippen LogP contribution in [0.15, 0.2) is 48.9 Å². The molecule has 6 nitrogen and oxygen atoms in total. The van der Waals surface area contributed by atoms with E-state index in [0.29, 0.717) is 5.92 Å². The maximum Gasteiger partial charge on any atom is 0.0895 e. The molecule has 6 heteroatoms. The molecule has 0 saturated carbocycles. The average molecular weight is 351 g/mol. The largest absolute Gasteiger partial charge is 0.373 e. The summed E-state index contributed by atoms with van der Waals surface area (Å²) < 4.78 is 7.96. The second-order valence-electron chi connectivity index (χ2n) is 6.88. The minimum atomic E-state index is 0.128. The standard InChI is InChI=1S/C20H25N5O/c1-15-18(14-25(24-15)19-7-3-2-4-8-19)11-21-10-16-6-5-9-26-20(16)17-12-22-23-13-17/h2-4,7-8,12-14,16,20-21H,5-6,9-11H2,1H3,(H,22,23)/t16-,20+/m0/s1. The summed E-state index contributed by atoms with van der Waals surface area (Å²) in [6, 6.07) is 10.2. The van der Waals surface area contributed by atoms with Crippen molar-refractivity contribution >= 4 is 0 Å². The zero-order valence-electron chi connectivity index (χ0n) is 15.1. The summed E-state index contributed by atoms with van der Waals surface area (Å²) in [5, 5.41) is 15.2. The van der Waals surface area contributed by atoms with Crippen molar-refractivity contribution in [1.82, 2.24) is 25.3 Å². The van der Waals surface area contributed by atoms with Gasteiger partial charge in [-0.2, -0.15) is 10.2 Å². The van der Waals surface area contributed by atoms with E-state index in [0.717, 1.165) is 43.1 Å². The Balaban J connectivity index is 1.38. The molecule has 0 amide bonds. The third kappa shape index (κ3) is 3.71. The van der Waals surface area contributed by atoms with Crippen LogP contribution < -0.4 is 5.32 Å². The van der Waals surface area contributed by atoms with Crippen LogP contribution >= 0.6 is 0 Å². The summed E-state index contributed by atoms with van der Waals surface area (Å²) in [5.41, 5.74) is 4.52. The van der Waals surface area contributed by atoms with Gasteiger partial charge in [0.05, 0.1) is 23.7 Å². The van der Waals surface area contributed by atoms with Crippen molar-refractivity contribution in [2.45, 2.75) is 32.4 Å². The zero-order valence-corrected chi connectivity index (χ0v) is 15.1. The van der Waals surface area contributed by atoms with Gasteiger partial charge in [0.25, 0.3) is 0 Å². The molecule has 3 aromatic rings. The Bertz CT molecular complexity index is 812. The molecule has 0 aliphatic carbocycles. The summed E-state index contributed by atoms with van der Waals surface area (Å²) in [5.74, 6) is 0.464. The molecule has 0 bridgehead atoms. The number of benzene rings is 1. The minimum Gasteiger partial charge on any atom is -0.373 e. The first-order valence-electron chi connectivity index (χ1n) is 9.23. The Labute approximate surface area is 153 Å². The third-order valence-corrected chi connectivity index (χ3v) is 5.04. The smallest absolute Gasteiger partial charge is 0.0895 e. The maximum atomic E-state index is 6.01. The van der Waals surface area contributed by atoms with Crippen molar-refractivity contribution in [2.24, 2.45) is 5.92 Å². The number of nitrogens with one attached hydrogen (secondary N) is 2. The number of rotatable bonds is 6. The Hall–Kier alpha value is -2.44. The highest BCUT2D eigenvalue weighted by Crippen LogP contribution is 2.32. The van der Waals surface area contributed by atoms with Crippen LogP contribution in [0.3, 0.4) is 0 Å². The molecule has 0 spiro atoms. The number of nitrogens with zero attached hydrogens (tertiary/aromatic N) is 3. The molecule has 2 aromatic heterocycles. The monoisotopic (exact) mass is 351 g/mol. The Morgan fingerprint density at radius 2 is 2.19 bits per heavy atom. The van der Waals surface area contributed by atoms with E-state index in [2.05, 4.69) is 45.9 Å². The van der Waals surface area contributed by atoms with Gasteiger partial charge in [-0.1, -0.05) is 18.2 Å². The summed E-state index contributed by atoms with van der Waals surface area (Å²) in [4.78, 5) is 0. The number of ether oxygens (including phenoxy) is 1. The van der Waals surface area contributed by atoms with Gasteiger partial charge in [-0.15, -0.1) is 0 Å². The van der Waals surface area contributed by atoms with Crippen LogP contribution in [-0.4, -0.2) is 33.1 Å². The highest BCUT2D eigenvalue weighted by atomic mass is 16.5. The Morgan fingerprint density at radius 3 is 3.00 bits per heavy atom. The van der Waals surface area contributed by atoms with E-state index in [1.54, 1.807) is 0 Å². The minimum absolute atomic E-state index is 0.128. The second-order valence-corrected chi connectivity index (χ2v) is 6.88. The van der Waals surface area contributed by atoms with Gasteiger partial charge < -0.3 is 10.1 Å². The molecule has 1 saturated heterocycles. The number of hydrogen-bond donors (Lipinski definition) is 2. The topological polar surface area (TPSA) is 67.8 Å². The quantitative estimate of drug-likeness (QED) is 0.716. The molecule has 1 aliphatic rings. The summed E-state index contributed by atoms with van der Waals surface area (Å²) in [6.45, 7) is 4.63. The van der Waals surface area contributed by atoms with E-state index in [9.17, 15) is 0 Å². The van der Waals surface area contributed by atoms with Gasteiger partial charge in [-0.25, -0.2) is 4.68 Å². The summed E-state index contributed by atoms with van der Waals surface area (Å²) in [6.07, 6.45) is 8.34. The van der Waals surface area contributed by atoms with Crippen molar-refractivity contribution in [3.8, 4) is 5.69 Å². The van der Waals surface area contributed by atoms with Crippen molar-refractivity contribution in [3.63, 3.8) is 0 Å². The molecule has 1 aliphatic heterocycles. The van der Waals surface area contributed by atoms with Gasteiger partial charge in [0.2, 0.25) is 0 Å². The fourth-order valence-electron chi connectivity index (χ4n) is 3.61. The lowest BCUT2D eigenvalue weighted by Crippen LogP contribution is -2.31. The number of hydrogen-bond acceptors (Lipinski definition) is 4. The lowest BCUT2D eigenvalue weighted by molar-refractivity contribution is -0.0278. The summed E-state index contributed by atoms with van der Waals surface area (Å²) >= 11 is 0. The fraction of sp³-hybridized carbons (Fsp3) is 0.400. The van der Waals surface area contributed by atoms with Crippen LogP contribution in [0.2, 0.25) is 0 Å². The third-order valence-electron chi connectivity index (χ3n) is 5.04. The lowest BCUT2D eigenvalue weighted by Gasteiger charge is -2.31. The molecule has 4 rings (SSSR count). The number of aromatic nitrogens is 4. The highest BCUT2D eigenvalue weighted by molar-refractivity contribution is 5.32. The molecule has 2 N–H and O–H groups in total. The molecular formula is C20H25N5O. The molecular weight excluding hydrogens is 326 g/mol. The Kier molecular flexibility index (Phi) is 5.13. The van der Waals surface area contributed by atoms with Gasteiger partial charge in [-0.3, -0.25) is 5.10 Å². The van der Waals surface area contributed by atoms with E-state index in [1.807, 2.05) is 35.3 Å². The average Bonchev–Trinajstić information content (AvgIpc) is 3.33. The van der Waals surface area contributed by atoms with E-state index >= 15 is 0 Å². The second kappa shape index (κ2) is 7.85. The van der Waals surface area contributed by atoms with Crippen molar-refractivity contribution in [2.75, 3.05) is 13.2 Å². The van der Waals surface area contributed by atoms with E-state index in [4.69, 9.17) is 4.74 Å². The lowest BCUT2D eigenvalue weighted by atomic mass is 9.91. The van der Waals surface area contributed by atoms with Crippen molar-refractivity contribution in [1.29, 1.82) is 0 Å². The molecule has 3 heterocycles. The first-order chi connectivity index (χ1) is 12.8. The molecule has 26 heavy (non-hydrogen) atoms. The highest BCUT2D eigenvalue weighted by Gasteiger charge is 2.27. The molecule has 2 atom stereocenters. The van der Waals surface area contributed by atoms with Gasteiger partial charge >= 0.3 is 0 Å². The molecule has 1 aromatic carbocycles. The van der Waals surface area contributed by atoms with Crippen molar-refractivity contribution < 1.29 is 4.74 Å². The van der Waals surface area contributed by atoms with Crippen LogP contribution in [0.25, 0.3) is 5.69 Å². The van der Waals surface area contributed by atoms with E-state index < -0.39 is 0 Å². The molecule has 1 fully saturated rings. The van der Waals surface area contributed by atoms with Crippen LogP contribution in [0, 0.1) is 12.8 Å². The van der Waals surface area contributed by atoms with Gasteiger partial charge in [0, 0.05) is 49.1 Å². The molecule has 0 radical (unpaired) electrons. The number of aryl methyl sites for hydroxylation is 1. The Morgan fingerprint density at radius 1 is 1.31 bits per heavy atom. The predicted octanol–water partition coefficient (Wildman–Crippen LogP) is 3.16. The fourth-order valence-corrected chi connectivity index (χ4v) is 3.61. The van der Waals surface area contributed by atoms with Gasteiger partial charge in [0.15, 0.2) is 0 Å². The van der Waals surface area contributed by atoms with Gasteiger partial charge in [-0.05, 0) is 31.9 Å². The number of aromatic amines is 1. The van der Waals surface area contributed by atoms with E-state index in [1.165, 1.54) is 12.0 Å². The van der Waals surface area contributed by atoms with E-state index in [-0.39, 0.29) is 6.10 Å². The van der Waals surface area contributed by atoms with Gasteiger partial charge in [0.1, 0.15) is 0 Å². The molecule has 0 unspecified atom stereocenters. The first-order valence-corrected chi connectivity index (χ1v) is 9.23. The zero-order chi connectivity index (χ0) is 17.8. The van der Waals surface area contributed by atoms with Crippen LogP contribution in [-0.2, 0) is 11.3 Å². The van der Waals surface area contributed by atoms with Crippen molar-refractivity contribution in [3.05, 3.63) is 65.7 Å². The maximum absolute atomic E-state index is 6.01. The number of para-hydroxylation sites is 1. The molecule has 136 valence electrons. The predicted molar refractivity (Wildman–Crippen MR) is 100 cm³/mol. The first kappa shape index (κ1) is 17.0. The van der Waals surface area contributed by atoms with Crippen LogP contribution in [0.5, 0.6) is 0 Å².